The van der Waals surface area contributed by atoms with E-state index in [0.29, 0.717) is 28.5 Å². The average molecular weight is 533 g/mol. The highest BCUT2D eigenvalue weighted by atomic mass is 79.9. The van der Waals surface area contributed by atoms with Crippen LogP contribution in [-0.2, 0) is 16.6 Å². The van der Waals surface area contributed by atoms with Crippen LogP contribution in [0, 0.1) is 6.92 Å². The minimum atomic E-state index is -3.98. The summed E-state index contributed by atoms with van der Waals surface area (Å²) in [7, 11) is -3.98. The van der Waals surface area contributed by atoms with Gasteiger partial charge in [0.25, 0.3) is 0 Å². The Balaban J connectivity index is 1.87. The third kappa shape index (κ3) is 5.00. The van der Waals surface area contributed by atoms with Gasteiger partial charge in [-0.1, -0.05) is 56.8 Å². The predicted molar refractivity (Wildman–Crippen MR) is 122 cm³/mol. The first-order valence-electron chi connectivity index (χ1n) is 9.09. The van der Waals surface area contributed by atoms with Crippen molar-refractivity contribution < 1.29 is 13.2 Å². The van der Waals surface area contributed by atoms with E-state index in [4.69, 9.17) is 27.9 Å². The van der Waals surface area contributed by atoms with Gasteiger partial charge in [0, 0.05) is 11.0 Å². The number of rotatable bonds is 7. The van der Waals surface area contributed by atoms with Crippen LogP contribution < -0.4 is 9.46 Å². The fourth-order valence-corrected chi connectivity index (χ4v) is 6.12. The van der Waals surface area contributed by atoms with E-state index in [-0.39, 0.29) is 14.9 Å². The summed E-state index contributed by atoms with van der Waals surface area (Å²) >= 11 is 15.5. The van der Waals surface area contributed by atoms with Gasteiger partial charge in [-0.2, -0.15) is 0 Å². The van der Waals surface area contributed by atoms with Gasteiger partial charge in [0.15, 0.2) is 0 Å². The number of hydrogen-bond acceptors (Lipinski definition) is 4. The molecule has 1 aromatic heterocycles. The molecule has 0 radical (unpaired) electrons. The van der Waals surface area contributed by atoms with Crippen LogP contribution in [0.25, 0.3) is 0 Å². The van der Waals surface area contributed by atoms with E-state index in [2.05, 4.69) is 25.6 Å². The Hall–Kier alpha value is -1.58. The monoisotopic (exact) mass is 531 g/mol. The first-order valence-corrected chi connectivity index (χ1v) is 12.1. The molecule has 0 bridgehead atoms. The van der Waals surface area contributed by atoms with Gasteiger partial charge in [-0.15, -0.1) is 0 Å². The van der Waals surface area contributed by atoms with Gasteiger partial charge in [0.05, 0.1) is 28.0 Å². The van der Waals surface area contributed by atoms with Crippen molar-refractivity contribution in [2.24, 2.45) is 0 Å². The quantitative estimate of drug-likeness (QED) is 0.398. The number of benzene rings is 2. The van der Waals surface area contributed by atoms with Gasteiger partial charge >= 0.3 is 6.01 Å². The fraction of sp³-hybridized carbons (Fsp3) is 0.250. The average Bonchev–Trinajstić information content (AvgIpc) is 3.04. The van der Waals surface area contributed by atoms with Gasteiger partial charge in [-0.3, -0.25) is 4.57 Å². The highest BCUT2D eigenvalue weighted by molar-refractivity contribution is 9.10. The molecule has 0 spiro atoms. The normalized spacial score (nSPS) is 12.7. The lowest BCUT2D eigenvalue weighted by molar-refractivity contribution is 0.408. The number of nitrogens with zero attached hydrogens (tertiary/aromatic N) is 2. The number of hydrogen-bond donors (Lipinski definition) is 1. The molecule has 1 N–H and O–H groups in total. The number of aryl methyl sites for hydroxylation is 1. The Kier molecular flexibility index (Phi) is 7.14. The first kappa shape index (κ1) is 23.1. The van der Waals surface area contributed by atoms with E-state index in [0.717, 1.165) is 5.56 Å². The zero-order valence-corrected chi connectivity index (χ0v) is 20.4. The van der Waals surface area contributed by atoms with Crippen molar-refractivity contribution in [3.05, 3.63) is 68.4 Å². The third-order valence-corrected chi connectivity index (χ3v) is 7.32. The van der Waals surface area contributed by atoms with Crippen molar-refractivity contribution in [1.82, 2.24) is 14.3 Å². The van der Waals surface area contributed by atoms with Gasteiger partial charge < -0.3 is 4.74 Å². The SMILES string of the molecule is CCn1c(C(C)NS(=O)(=O)c2c(Cl)cc(Br)cc2Cl)cnc1Oc1ccc(C)cc1. The number of halogens is 3. The Morgan fingerprint density at radius 3 is 2.37 bits per heavy atom. The molecule has 0 aliphatic heterocycles. The molecule has 3 aromatic rings. The van der Waals surface area contributed by atoms with E-state index in [9.17, 15) is 8.42 Å². The Bertz CT molecular complexity index is 1140. The number of aromatic nitrogens is 2. The summed E-state index contributed by atoms with van der Waals surface area (Å²) in [4.78, 5) is 4.16. The maximum absolute atomic E-state index is 12.9. The van der Waals surface area contributed by atoms with Crippen LogP contribution >= 0.6 is 39.1 Å². The molecule has 1 atom stereocenters. The summed E-state index contributed by atoms with van der Waals surface area (Å²) in [6.45, 7) is 6.18. The molecule has 10 heteroatoms. The zero-order valence-electron chi connectivity index (χ0n) is 16.5. The van der Waals surface area contributed by atoms with Crippen molar-refractivity contribution in [2.75, 3.05) is 0 Å². The summed E-state index contributed by atoms with van der Waals surface area (Å²) in [6.07, 6.45) is 1.59. The van der Waals surface area contributed by atoms with Crippen LogP contribution in [0.2, 0.25) is 10.0 Å². The van der Waals surface area contributed by atoms with Gasteiger partial charge in [-0.25, -0.2) is 18.1 Å². The fourth-order valence-electron chi connectivity index (χ4n) is 2.97. The molecule has 0 saturated carbocycles. The topological polar surface area (TPSA) is 73.2 Å². The number of nitrogens with one attached hydrogen (secondary N) is 1. The van der Waals surface area contributed by atoms with Crippen LogP contribution in [0.5, 0.6) is 11.8 Å². The number of ether oxygens (including phenoxy) is 1. The van der Waals surface area contributed by atoms with E-state index < -0.39 is 16.1 Å². The first-order chi connectivity index (χ1) is 14.1. The number of sulfonamides is 1. The predicted octanol–water partition coefficient (Wildman–Crippen LogP) is 6.11. The van der Waals surface area contributed by atoms with E-state index in [1.807, 2.05) is 38.1 Å². The molecule has 0 aliphatic rings. The van der Waals surface area contributed by atoms with E-state index in [1.165, 1.54) is 12.1 Å². The molecule has 0 fully saturated rings. The number of imidazole rings is 1. The molecule has 1 unspecified atom stereocenters. The minimum Gasteiger partial charge on any atom is -0.426 e. The second-order valence-corrected chi connectivity index (χ2v) is 10.0. The lowest BCUT2D eigenvalue weighted by Crippen LogP contribution is -2.28. The molecule has 6 nitrogen and oxygen atoms in total. The Morgan fingerprint density at radius 2 is 1.80 bits per heavy atom. The molecule has 2 aromatic carbocycles. The van der Waals surface area contributed by atoms with Gasteiger partial charge in [0.2, 0.25) is 10.0 Å². The van der Waals surface area contributed by atoms with E-state index in [1.54, 1.807) is 17.7 Å². The van der Waals surface area contributed by atoms with Crippen LogP contribution in [-0.4, -0.2) is 18.0 Å². The zero-order chi connectivity index (χ0) is 22.1. The van der Waals surface area contributed by atoms with Crippen LogP contribution in [0.15, 0.2) is 52.0 Å². The largest absolute Gasteiger partial charge is 0.426 e. The van der Waals surface area contributed by atoms with Gasteiger partial charge in [-0.05, 0) is 45.0 Å². The third-order valence-electron chi connectivity index (χ3n) is 4.40. The molecule has 3 rings (SSSR count). The van der Waals surface area contributed by atoms with Crippen molar-refractivity contribution in [3.8, 4) is 11.8 Å². The highest BCUT2D eigenvalue weighted by Crippen LogP contribution is 2.34. The standard InChI is InChI=1S/C20H20BrCl2N3O3S/c1-4-26-18(11-24-20(26)29-15-7-5-12(2)6-8-15)13(3)25-30(27,28)19-16(22)9-14(21)10-17(19)23/h5-11,13,25H,4H2,1-3H3. The molecule has 30 heavy (non-hydrogen) atoms. The molecule has 0 aliphatic carbocycles. The Morgan fingerprint density at radius 1 is 1.20 bits per heavy atom. The molecular weight excluding hydrogens is 513 g/mol. The smallest absolute Gasteiger partial charge is 0.302 e. The lowest BCUT2D eigenvalue weighted by atomic mass is 10.2. The summed E-state index contributed by atoms with van der Waals surface area (Å²) in [5.41, 5.74) is 1.77. The van der Waals surface area contributed by atoms with Crippen LogP contribution in [0.1, 0.15) is 31.1 Å². The summed E-state index contributed by atoms with van der Waals surface area (Å²) in [5, 5.41) is 0.0583. The molecular formula is C20H20BrCl2N3O3S. The lowest BCUT2D eigenvalue weighted by Gasteiger charge is -2.18. The summed E-state index contributed by atoms with van der Waals surface area (Å²) in [5.74, 6) is 0.647. The molecule has 1 heterocycles. The van der Waals surface area contributed by atoms with E-state index >= 15 is 0 Å². The van der Waals surface area contributed by atoms with Crippen molar-refractivity contribution in [3.63, 3.8) is 0 Å². The van der Waals surface area contributed by atoms with Gasteiger partial charge in [0.1, 0.15) is 10.6 Å². The highest BCUT2D eigenvalue weighted by Gasteiger charge is 2.27. The second kappa shape index (κ2) is 9.28. The van der Waals surface area contributed by atoms with Crippen LogP contribution in [0.3, 0.4) is 0 Å². The summed E-state index contributed by atoms with van der Waals surface area (Å²) < 4.78 is 36.8. The molecule has 160 valence electrons. The maximum Gasteiger partial charge on any atom is 0.302 e. The van der Waals surface area contributed by atoms with Crippen molar-refractivity contribution in [1.29, 1.82) is 0 Å². The Labute approximate surface area is 194 Å². The van der Waals surface area contributed by atoms with Crippen molar-refractivity contribution >= 4 is 49.2 Å². The summed E-state index contributed by atoms with van der Waals surface area (Å²) in [6, 6.07) is 10.3. The van der Waals surface area contributed by atoms with Crippen LogP contribution in [0.4, 0.5) is 0 Å². The second-order valence-electron chi connectivity index (χ2n) is 6.67. The van der Waals surface area contributed by atoms with Crippen molar-refractivity contribution in [2.45, 2.75) is 38.3 Å². The molecule has 0 amide bonds. The molecule has 0 saturated heterocycles. The minimum absolute atomic E-state index is 0.0291. The maximum atomic E-state index is 12.9.